The summed E-state index contributed by atoms with van der Waals surface area (Å²) in [4.78, 5) is 0. The predicted octanol–water partition coefficient (Wildman–Crippen LogP) is 2.25. The average Bonchev–Trinajstić information content (AvgIpc) is 2.58. The molecule has 3 nitrogen and oxygen atoms in total. The Hall–Kier alpha value is -1.91. The third-order valence-corrected chi connectivity index (χ3v) is 2.20. The summed E-state index contributed by atoms with van der Waals surface area (Å²) in [7, 11) is 0. The van der Waals surface area contributed by atoms with Crippen LogP contribution in [0.5, 0.6) is 0 Å². The zero-order valence-corrected chi connectivity index (χ0v) is 8.01. The normalized spacial score (nSPS) is 10.6. The van der Waals surface area contributed by atoms with Gasteiger partial charge in [0.25, 0.3) is 0 Å². The van der Waals surface area contributed by atoms with E-state index in [4.69, 9.17) is 5.73 Å². The lowest BCUT2D eigenvalue weighted by Crippen LogP contribution is -1.91. The molecule has 0 aliphatic carbocycles. The minimum Gasteiger partial charge on any atom is -0.382 e. The van der Waals surface area contributed by atoms with Gasteiger partial charge in [0.05, 0.1) is 5.69 Å². The van der Waals surface area contributed by atoms with E-state index in [0.29, 0.717) is 16.8 Å². The van der Waals surface area contributed by atoms with Crippen molar-refractivity contribution in [3.8, 4) is 11.3 Å². The molecule has 0 spiro atoms. The lowest BCUT2D eigenvalue weighted by molar-refractivity contribution is 0.578. The van der Waals surface area contributed by atoms with Gasteiger partial charge in [0.15, 0.2) is 0 Å². The third kappa shape index (κ3) is 1.68. The summed E-state index contributed by atoms with van der Waals surface area (Å²) in [6, 6.07) is 3.62. The second kappa shape index (κ2) is 3.34. The minimum atomic E-state index is -0.624. The van der Waals surface area contributed by atoms with E-state index in [0.717, 1.165) is 6.07 Å². The van der Waals surface area contributed by atoms with Gasteiger partial charge in [-0.1, -0.05) is 0 Å². The van der Waals surface area contributed by atoms with Crippen LogP contribution in [0, 0.1) is 18.6 Å². The first-order valence-corrected chi connectivity index (χ1v) is 4.35. The fourth-order valence-corrected chi connectivity index (χ4v) is 1.40. The summed E-state index contributed by atoms with van der Waals surface area (Å²) in [5.74, 6) is -0.923. The predicted molar refractivity (Wildman–Crippen MR) is 53.1 cm³/mol. The molecule has 0 radical (unpaired) electrons. The van der Waals surface area contributed by atoms with Crippen LogP contribution in [0.3, 0.4) is 0 Å². The number of nitrogens with two attached hydrogens (primary N) is 1. The number of rotatable bonds is 1. The summed E-state index contributed by atoms with van der Waals surface area (Å²) in [5.41, 5.74) is 6.70. The van der Waals surface area contributed by atoms with Crippen molar-refractivity contribution in [3.05, 3.63) is 35.4 Å². The molecule has 0 atom stereocenters. The Morgan fingerprint density at radius 2 is 2.00 bits per heavy atom. The summed E-state index contributed by atoms with van der Waals surface area (Å²) < 4.78 is 26.2. The van der Waals surface area contributed by atoms with E-state index < -0.39 is 11.6 Å². The monoisotopic (exact) mass is 209 g/mol. The van der Waals surface area contributed by atoms with Crippen molar-refractivity contribution < 1.29 is 8.78 Å². The molecule has 1 heterocycles. The lowest BCUT2D eigenvalue weighted by atomic mass is 10.1. The van der Waals surface area contributed by atoms with Gasteiger partial charge < -0.3 is 5.73 Å². The van der Waals surface area contributed by atoms with Gasteiger partial charge in [0, 0.05) is 17.7 Å². The number of nitrogens with zero attached hydrogens (tertiary/aromatic N) is 1. The molecule has 2 rings (SSSR count). The van der Waals surface area contributed by atoms with E-state index in [1.165, 1.54) is 12.1 Å². The molecule has 0 saturated carbocycles. The highest BCUT2D eigenvalue weighted by Crippen LogP contribution is 2.25. The van der Waals surface area contributed by atoms with Gasteiger partial charge in [0.2, 0.25) is 0 Å². The molecule has 0 aliphatic heterocycles. The summed E-state index contributed by atoms with van der Waals surface area (Å²) in [6.45, 7) is 1.57. The topological polar surface area (TPSA) is 54.7 Å². The van der Waals surface area contributed by atoms with Crippen LogP contribution in [0.2, 0.25) is 0 Å². The maximum absolute atomic E-state index is 13.2. The molecule has 1 aromatic carbocycles. The van der Waals surface area contributed by atoms with Crippen molar-refractivity contribution in [2.45, 2.75) is 6.92 Å². The van der Waals surface area contributed by atoms with Crippen LogP contribution in [0.1, 0.15) is 5.56 Å². The number of aromatic nitrogens is 2. The van der Waals surface area contributed by atoms with E-state index in [9.17, 15) is 8.78 Å². The van der Waals surface area contributed by atoms with E-state index in [-0.39, 0.29) is 5.82 Å². The second-order valence-electron chi connectivity index (χ2n) is 3.27. The Bertz CT molecular complexity index is 505. The molecular weight excluding hydrogens is 200 g/mol. The van der Waals surface area contributed by atoms with Crippen LogP contribution >= 0.6 is 0 Å². The maximum atomic E-state index is 13.2. The van der Waals surface area contributed by atoms with Gasteiger partial charge in [-0.25, -0.2) is 8.78 Å². The standard InChI is InChI=1S/C10H9F2N3/c1-5-7(2-6(11)3-8(5)12)9-4-10(13)15-14-9/h2-4H,1H3,(H3,13,14,15). The molecular formula is C10H9F2N3. The molecule has 0 saturated heterocycles. The highest BCUT2D eigenvalue weighted by atomic mass is 19.1. The van der Waals surface area contributed by atoms with Crippen LogP contribution in [-0.4, -0.2) is 10.2 Å². The number of halogens is 2. The van der Waals surface area contributed by atoms with Gasteiger partial charge in [-0.3, -0.25) is 5.10 Å². The Morgan fingerprint density at radius 1 is 1.27 bits per heavy atom. The molecule has 0 bridgehead atoms. The number of anilines is 1. The van der Waals surface area contributed by atoms with Gasteiger partial charge in [-0.2, -0.15) is 5.10 Å². The van der Waals surface area contributed by atoms with Gasteiger partial charge in [-0.05, 0) is 18.6 Å². The van der Waals surface area contributed by atoms with Crippen molar-refractivity contribution in [1.29, 1.82) is 0 Å². The largest absolute Gasteiger partial charge is 0.382 e. The Morgan fingerprint density at radius 3 is 2.60 bits per heavy atom. The maximum Gasteiger partial charge on any atom is 0.145 e. The molecule has 3 N–H and O–H groups in total. The summed E-state index contributed by atoms with van der Waals surface area (Å²) >= 11 is 0. The number of nitrogen functional groups attached to an aromatic ring is 1. The van der Waals surface area contributed by atoms with Gasteiger partial charge >= 0.3 is 0 Å². The van der Waals surface area contributed by atoms with E-state index in [2.05, 4.69) is 10.2 Å². The number of H-pyrrole nitrogens is 1. The van der Waals surface area contributed by atoms with Crippen molar-refractivity contribution in [1.82, 2.24) is 10.2 Å². The Balaban J connectivity index is 2.62. The number of hydrogen-bond acceptors (Lipinski definition) is 2. The first-order chi connectivity index (χ1) is 7.08. The second-order valence-corrected chi connectivity index (χ2v) is 3.27. The van der Waals surface area contributed by atoms with E-state index >= 15 is 0 Å². The lowest BCUT2D eigenvalue weighted by Gasteiger charge is -2.04. The average molecular weight is 209 g/mol. The highest BCUT2D eigenvalue weighted by molar-refractivity contribution is 5.65. The molecule has 0 aliphatic rings. The number of hydrogen-bond donors (Lipinski definition) is 2. The van der Waals surface area contributed by atoms with Crippen molar-refractivity contribution in [3.63, 3.8) is 0 Å². The van der Waals surface area contributed by atoms with Crippen LogP contribution in [0.4, 0.5) is 14.6 Å². The highest BCUT2D eigenvalue weighted by Gasteiger charge is 2.10. The molecule has 5 heteroatoms. The van der Waals surface area contributed by atoms with Crippen molar-refractivity contribution in [2.24, 2.45) is 0 Å². The van der Waals surface area contributed by atoms with Crippen LogP contribution in [-0.2, 0) is 0 Å². The number of nitrogens with one attached hydrogen (secondary N) is 1. The first kappa shape index (κ1) is 9.64. The molecule has 0 amide bonds. The quantitative estimate of drug-likeness (QED) is 0.756. The molecule has 0 unspecified atom stereocenters. The van der Waals surface area contributed by atoms with Crippen LogP contribution in [0.25, 0.3) is 11.3 Å². The number of benzene rings is 1. The SMILES string of the molecule is Cc1c(F)cc(F)cc1-c1cc(N)n[nH]1. The smallest absolute Gasteiger partial charge is 0.145 e. The van der Waals surface area contributed by atoms with E-state index in [1.54, 1.807) is 6.92 Å². The Kier molecular flexibility index (Phi) is 2.15. The third-order valence-electron chi connectivity index (χ3n) is 2.20. The van der Waals surface area contributed by atoms with Crippen LogP contribution in [0.15, 0.2) is 18.2 Å². The van der Waals surface area contributed by atoms with Crippen molar-refractivity contribution in [2.75, 3.05) is 5.73 Å². The van der Waals surface area contributed by atoms with Gasteiger partial charge in [0.1, 0.15) is 17.5 Å². The van der Waals surface area contributed by atoms with E-state index in [1.807, 2.05) is 0 Å². The molecule has 2 aromatic rings. The first-order valence-electron chi connectivity index (χ1n) is 4.35. The zero-order valence-electron chi connectivity index (χ0n) is 8.01. The van der Waals surface area contributed by atoms with Crippen molar-refractivity contribution >= 4 is 5.82 Å². The summed E-state index contributed by atoms with van der Waals surface area (Å²) in [5, 5.41) is 6.31. The molecule has 1 aromatic heterocycles. The minimum absolute atomic E-state index is 0.286. The molecule has 78 valence electrons. The number of aromatic amines is 1. The summed E-state index contributed by atoms with van der Waals surface area (Å²) in [6.07, 6.45) is 0. The fourth-order valence-electron chi connectivity index (χ4n) is 1.40. The zero-order chi connectivity index (χ0) is 11.0. The van der Waals surface area contributed by atoms with Gasteiger partial charge in [-0.15, -0.1) is 0 Å². The van der Waals surface area contributed by atoms with Crippen LogP contribution < -0.4 is 5.73 Å². The molecule has 15 heavy (non-hydrogen) atoms. The Labute approximate surface area is 84.9 Å². The molecule has 0 fully saturated rings. The fraction of sp³-hybridized carbons (Fsp3) is 0.100.